The molecule has 6 heteroatoms. The van der Waals surface area contributed by atoms with Crippen LogP contribution in [0.4, 0.5) is 10.1 Å². The lowest BCUT2D eigenvalue weighted by atomic mass is 10.00. The highest BCUT2D eigenvalue weighted by atomic mass is 19.1. The van der Waals surface area contributed by atoms with Gasteiger partial charge >= 0.3 is 0 Å². The fraction of sp³-hybridized carbons (Fsp3) is 0. The Morgan fingerprint density at radius 2 is 1.56 bits per heavy atom. The number of nitrogens with one attached hydrogen (secondary N) is 1. The van der Waals surface area contributed by atoms with E-state index >= 15 is 0 Å². The highest BCUT2D eigenvalue weighted by molar-refractivity contribution is 6.26. The number of carboxylic acid groups (broad SMARTS) is 1. The van der Waals surface area contributed by atoms with Gasteiger partial charge in [0.05, 0.1) is 11.5 Å². The van der Waals surface area contributed by atoms with Crippen LogP contribution in [-0.4, -0.2) is 17.7 Å². The Hall–Kier alpha value is -3.80. The lowest BCUT2D eigenvalue weighted by Crippen LogP contribution is -2.24. The molecule has 0 fully saturated rings. The van der Waals surface area contributed by atoms with Crippen molar-refractivity contribution in [2.45, 2.75) is 0 Å². The van der Waals surface area contributed by atoms with Gasteiger partial charge in [-0.25, -0.2) is 4.39 Å². The number of carbonyl (C=O) groups excluding carboxylic acids is 3. The van der Waals surface area contributed by atoms with Crippen molar-refractivity contribution in [2.75, 3.05) is 5.32 Å². The van der Waals surface area contributed by atoms with Crippen LogP contribution in [0.15, 0.2) is 60.7 Å². The summed E-state index contributed by atoms with van der Waals surface area (Å²) in [5.41, 5.74) is 1.82. The molecule has 1 aliphatic carbocycles. The van der Waals surface area contributed by atoms with Crippen LogP contribution in [0.1, 0.15) is 36.6 Å². The first-order valence-corrected chi connectivity index (χ1v) is 8.06. The Balaban J connectivity index is 1.72. The Bertz CT molecular complexity index is 1140. The second-order valence-electron chi connectivity index (χ2n) is 6.04. The van der Waals surface area contributed by atoms with E-state index in [2.05, 4.69) is 5.32 Å². The summed E-state index contributed by atoms with van der Waals surface area (Å²) in [6, 6.07) is 15.2. The fourth-order valence-electron chi connectivity index (χ4n) is 3.22. The number of fused-ring (bicyclic) bond motifs is 3. The Morgan fingerprint density at radius 1 is 0.852 bits per heavy atom. The summed E-state index contributed by atoms with van der Waals surface area (Å²) in [6.07, 6.45) is 0. The molecule has 3 aromatic carbocycles. The Kier molecular flexibility index (Phi) is 3.81. The summed E-state index contributed by atoms with van der Waals surface area (Å²) in [5, 5.41) is 13.5. The second kappa shape index (κ2) is 6.17. The van der Waals surface area contributed by atoms with Crippen LogP contribution in [0.3, 0.4) is 0 Å². The van der Waals surface area contributed by atoms with E-state index in [0.717, 1.165) is 17.7 Å². The average molecular weight is 360 g/mol. The van der Waals surface area contributed by atoms with Gasteiger partial charge in [-0.05, 0) is 35.4 Å². The van der Waals surface area contributed by atoms with Crippen LogP contribution in [0.2, 0.25) is 0 Å². The minimum Gasteiger partial charge on any atom is -0.545 e. The number of aromatic carboxylic acids is 1. The zero-order valence-electron chi connectivity index (χ0n) is 13.8. The molecule has 0 aromatic heterocycles. The number of amides is 1. The minimum absolute atomic E-state index is 0.0844. The quantitative estimate of drug-likeness (QED) is 0.609. The van der Waals surface area contributed by atoms with E-state index in [1.165, 1.54) is 12.1 Å². The zero-order chi connectivity index (χ0) is 19.1. The molecule has 0 bridgehead atoms. The van der Waals surface area contributed by atoms with Crippen LogP contribution >= 0.6 is 0 Å². The molecule has 0 atom stereocenters. The molecule has 4 rings (SSSR count). The van der Waals surface area contributed by atoms with Crippen molar-refractivity contribution in [1.29, 1.82) is 0 Å². The molecule has 0 spiro atoms. The monoisotopic (exact) mass is 360 g/mol. The normalized spacial score (nSPS) is 11.7. The molecule has 0 unspecified atom stereocenters. The fourth-order valence-corrected chi connectivity index (χ4v) is 3.22. The van der Waals surface area contributed by atoms with Gasteiger partial charge in [-0.1, -0.05) is 36.4 Å². The van der Waals surface area contributed by atoms with Gasteiger partial charge in [-0.3, -0.25) is 9.59 Å². The molecular formula is C21H11FNO4-. The molecule has 132 valence electrons. The summed E-state index contributed by atoms with van der Waals surface area (Å²) in [7, 11) is 0. The molecule has 5 nitrogen and oxygen atoms in total. The number of carboxylic acids is 1. The molecule has 0 saturated carbocycles. The van der Waals surface area contributed by atoms with E-state index < -0.39 is 23.3 Å². The van der Waals surface area contributed by atoms with E-state index in [0.29, 0.717) is 16.7 Å². The SMILES string of the molecule is O=C([O-])c1cc(NC(=O)c2cccc3c2C(=O)c2ccccc2-3)ccc1F. The van der Waals surface area contributed by atoms with Gasteiger partial charge < -0.3 is 15.2 Å². The van der Waals surface area contributed by atoms with Crippen LogP contribution in [0, 0.1) is 5.82 Å². The van der Waals surface area contributed by atoms with Crippen LogP contribution in [0.25, 0.3) is 11.1 Å². The Morgan fingerprint density at radius 3 is 2.30 bits per heavy atom. The first kappa shape index (κ1) is 16.7. The molecule has 1 amide bonds. The van der Waals surface area contributed by atoms with E-state index in [-0.39, 0.29) is 17.0 Å². The molecular weight excluding hydrogens is 349 g/mol. The minimum atomic E-state index is -1.69. The number of benzene rings is 3. The van der Waals surface area contributed by atoms with Crippen molar-refractivity contribution in [2.24, 2.45) is 0 Å². The van der Waals surface area contributed by atoms with Gasteiger partial charge in [0.1, 0.15) is 5.82 Å². The largest absolute Gasteiger partial charge is 0.545 e. The highest BCUT2D eigenvalue weighted by Crippen LogP contribution is 2.38. The third-order valence-corrected chi connectivity index (χ3v) is 4.44. The van der Waals surface area contributed by atoms with E-state index in [1.807, 2.05) is 12.1 Å². The first-order valence-electron chi connectivity index (χ1n) is 8.06. The number of halogens is 1. The van der Waals surface area contributed by atoms with Crippen molar-refractivity contribution >= 4 is 23.3 Å². The summed E-state index contributed by atoms with van der Waals surface area (Å²) >= 11 is 0. The number of carbonyl (C=O) groups is 3. The summed E-state index contributed by atoms with van der Waals surface area (Å²) in [4.78, 5) is 36.4. The molecule has 3 aromatic rings. The maximum Gasteiger partial charge on any atom is 0.256 e. The molecule has 0 saturated heterocycles. The molecule has 27 heavy (non-hydrogen) atoms. The third kappa shape index (κ3) is 2.67. The summed E-state index contributed by atoms with van der Waals surface area (Å²) in [5.74, 6) is -3.49. The lowest BCUT2D eigenvalue weighted by molar-refractivity contribution is -0.255. The van der Waals surface area contributed by atoms with E-state index in [9.17, 15) is 23.9 Å². The number of ketones is 1. The predicted octanol–water partition coefficient (Wildman–Crippen LogP) is 2.65. The molecule has 0 heterocycles. The lowest BCUT2D eigenvalue weighted by Gasteiger charge is -2.11. The van der Waals surface area contributed by atoms with Crippen molar-refractivity contribution in [3.8, 4) is 11.1 Å². The number of rotatable bonds is 3. The smallest absolute Gasteiger partial charge is 0.256 e. The molecule has 1 aliphatic rings. The maximum absolute atomic E-state index is 13.5. The van der Waals surface area contributed by atoms with Gasteiger partial charge in [-0.15, -0.1) is 0 Å². The topological polar surface area (TPSA) is 86.3 Å². The maximum atomic E-state index is 13.5. The molecule has 1 N–H and O–H groups in total. The molecule has 0 radical (unpaired) electrons. The van der Waals surface area contributed by atoms with Crippen molar-refractivity contribution in [1.82, 2.24) is 0 Å². The van der Waals surface area contributed by atoms with E-state index in [4.69, 9.17) is 0 Å². The van der Waals surface area contributed by atoms with Gasteiger partial charge in [0.25, 0.3) is 5.91 Å². The molecule has 0 aliphatic heterocycles. The number of anilines is 1. The second-order valence-corrected chi connectivity index (χ2v) is 6.04. The van der Waals surface area contributed by atoms with E-state index in [1.54, 1.807) is 24.3 Å². The zero-order valence-corrected chi connectivity index (χ0v) is 13.8. The number of hydrogen-bond donors (Lipinski definition) is 1. The highest BCUT2D eigenvalue weighted by Gasteiger charge is 2.30. The van der Waals surface area contributed by atoms with Gasteiger partial charge in [0.2, 0.25) is 0 Å². The van der Waals surface area contributed by atoms with Crippen molar-refractivity contribution in [3.05, 3.63) is 88.7 Å². The third-order valence-electron chi connectivity index (χ3n) is 4.44. The Labute approximate surface area is 153 Å². The van der Waals surface area contributed by atoms with Crippen LogP contribution in [0.5, 0.6) is 0 Å². The van der Waals surface area contributed by atoms with Gasteiger partial charge in [-0.2, -0.15) is 0 Å². The van der Waals surface area contributed by atoms with Gasteiger partial charge in [0.15, 0.2) is 5.78 Å². The van der Waals surface area contributed by atoms with Crippen molar-refractivity contribution < 1.29 is 23.9 Å². The average Bonchev–Trinajstić information content (AvgIpc) is 2.96. The van der Waals surface area contributed by atoms with Crippen LogP contribution < -0.4 is 10.4 Å². The first-order chi connectivity index (χ1) is 13.0. The summed E-state index contributed by atoms with van der Waals surface area (Å²) in [6.45, 7) is 0. The number of hydrogen-bond acceptors (Lipinski definition) is 4. The predicted molar refractivity (Wildman–Crippen MR) is 94.0 cm³/mol. The van der Waals surface area contributed by atoms with Crippen molar-refractivity contribution in [3.63, 3.8) is 0 Å². The van der Waals surface area contributed by atoms with Gasteiger partial charge in [0, 0.05) is 22.4 Å². The standard InChI is InChI=1S/C21H12FNO4/c22-17-9-8-11(10-16(17)21(26)27)23-20(25)15-7-3-6-13-12-4-1-2-5-14(12)19(24)18(13)15/h1-10H,(H,23,25)(H,26,27)/p-1. The summed E-state index contributed by atoms with van der Waals surface area (Å²) < 4.78 is 13.5. The van der Waals surface area contributed by atoms with Crippen LogP contribution in [-0.2, 0) is 0 Å².